The fraction of sp³-hybridized carbons (Fsp3) is 0.158. The second-order valence-electron chi connectivity index (χ2n) is 6.61. The van der Waals surface area contributed by atoms with E-state index in [0.717, 1.165) is 33.1 Å². The van der Waals surface area contributed by atoms with Gasteiger partial charge in [-0.15, -0.1) is 10.2 Å². The first kappa shape index (κ1) is 14.9. The third-order valence-corrected chi connectivity index (χ3v) is 5.10. The molecule has 0 aliphatic heterocycles. The molecule has 5 rings (SSSR count). The van der Waals surface area contributed by atoms with Gasteiger partial charge in [0.2, 0.25) is 0 Å². The average Bonchev–Trinajstić information content (AvgIpc) is 3.15. The van der Waals surface area contributed by atoms with E-state index in [1.54, 1.807) is 6.33 Å². The highest BCUT2D eigenvalue weighted by molar-refractivity contribution is 9.10. The molecule has 0 aliphatic rings. The molecule has 3 aromatic heterocycles. The molecule has 0 atom stereocenters. The summed E-state index contributed by atoms with van der Waals surface area (Å²) >= 11 is 3.63. The molecule has 0 unspecified atom stereocenters. The maximum atomic E-state index is 4.41. The van der Waals surface area contributed by atoms with Crippen molar-refractivity contribution in [3.05, 3.63) is 59.0 Å². The number of para-hydroxylation sites is 1. The van der Waals surface area contributed by atoms with Crippen molar-refractivity contribution in [1.29, 1.82) is 0 Å². The minimum Gasteiger partial charge on any atom is -0.309 e. The Labute approximate surface area is 152 Å². The van der Waals surface area contributed by atoms with E-state index in [-0.39, 0.29) is 0 Å². The van der Waals surface area contributed by atoms with E-state index in [0.29, 0.717) is 0 Å². The van der Waals surface area contributed by atoms with Gasteiger partial charge in [0.25, 0.3) is 0 Å². The molecule has 0 saturated carbocycles. The highest BCUT2D eigenvalue weighted by atomic mass is 79.9. The molecular formula is C19H16BrN5. The zero-order valence-electron chi connectivity index (χ0n) is 13.9. The van der Waals surface area contributed by atoms with Crippen LogP contribution in [0.4, 0.5) is 0 Å². The van der Waals surface area contributed by atoms with Crippen molar-refractivity contribution in [1.82, 2.24) is 23.9 Å². The van der Waals surface area contributed by atoms with Gasteiger partial charge in [-0.05, 0) is 44.4 Å². The lowest BCUT2D eigenvalue weighted by atomic mass is 10.2. The van der Waals surface area contributed by atoms with E-state index in [2.05, 4.69) is 96.4 Å². The number of hydrogen-bond donors (Lipinski definition) is 0. The smallest absolute Gasteiger partial charge is 0.170 e. The predicted molar refractivity (Wildman–Crippen MR) is 104 cm³/mol. The minimum atomic E-state index is 0.862. The number of fused-ring (bicyclic) bond motifs is 5. The van der Waals surface area contributed by atoms with Gasteiger partial charge in [0.15, 0.2) is 5.65 Å². The molecule has 0 fully saturated rings. The van der Waals surface area contributed by atoms with Gasteiger partial charge in [-0.25, -0.2) is 0 Å². The van der Waals surface area contributed by atoms with E-state index >= 15 is 0 Å². The summed E-state index contributed by atoms with van der Waals surface area (Å²) in [6, 6.07) is 15.0. The largest absolute Gasteiger partial charge is 0.309 e. The molecule has 5 aromatic rings. The normalized spacial score (nSPS) is 12.3. The number of nitrogens with zero attached hydrogens (tertiary/aromatic N) is 5. The number of halogens is 1. The third kappa shape index (κ3) is 2.11. The first-order valence-corrected chi connectivity index (χ1v) is 8.91. The van der Waals surface area contributed by atoms with Gasteiger partial charge in [0.05, 0.1) is 16.6 Å². The summed E-state index contributed by atoms with van der Waals surface area (Å²) in [6.45, 7) is 0.862. The van der Waals surface area contributed by atoms with Crippen molar-refractivity contribution >= 4 is 48.9 Å². The fourth-order valence-electron chi connectivity index (χ4n) is 3.69. The molecule has 3 heterocycles. The lowest BCUT2D eigenvalue weighted by Crippen LogP contribution is -2.12. The number of hydrogen-bond acceptors (Lipinski definition) is 3. The summed E-state index contributed by atoms with van der Waals surface area (Å²) in [5.74, 6) is 0. The van der Waals surface area contributed by atoms with Gasteiger partial charge in [0, 0.05) is 27.5 Å². The number of rotatable bonds is 2. The van der Waals surface area contributed by atoms with E-state index < -0.39 is 0 Å². The van der Waals surface area contributed by atoms with Gasteiger partial charge < -0.3 is 9.30 Å². The molecule has 6 heteroatoms. The Bertz CT molecular complexity index is 1270. The summed E-state index contributed by atoms with van der Waals surface area (Å²) in [5.41, 5.74) is 5.53. The van der Waals surface area contributed by atoms with Crippen molar-refractivity contribution in [3.63, 3.8) is 0 Å². The summed E-state index contributed by atoms with van der Waals surface area (Å²) in [7, 11) is 4.19. The monoisotopic (exact) mass is 393 g/mol. The van der Waals surface area contributed by atoms with E-state index in [1.165, 1.54) is 16.6 Å². The standard InChI is InChI=1S/C19H16BrN5/c1-23(2)10-14-8-12-4-3-5-15-18(12)25(14)17-9-13(20)6-7-16(17)24-11-21-22-19(15)24/h3-9,11H,10H2,1-2H3. The Kier molecular flexibility index (Phi) is 3.14. The van der Waals surface area contributed by atoms with Gasteiger partial charge in [0.1, 0.15) is 6.33 Å². The molecule has 0 N–H and O–H groups in total. The van der Waals surface area contributed by atoms with Crippen LogP contribution in [0.2, 0.25) is 0 Å². The Balaban J connectivity index is 2.17. The molecule has 0 saturated heterocycles. The maximum Gasteiger partial charge on any atom is 0.170 e. The Morgan fingerprint density at radius 2 is 1.96 bits per heavy atom. The maximum absolute atomic E-state index is 4.41. The van der Waals surface area contributed by atoms with Gasteiger partial charge in [-0.2, -0.15) is 0 Å². The van der Waals surface area contributed by atoms with Crippen LogP contribution in [-0.4, -0.2) is 38.0 Å². The molecule has 2 aromatic carbocycles. The second-order valence-corrected chi connectivity index (χ2v) is 7.53. The van der Waals surface area contributed by atoms with Crippen LogP contribution in [-0.2, 0) is 6.54 Å². The summed E-state index contributed by atoms with van der Waals surface area (Å²) in [6.07, 6.45) is 1.79. The summed E-state index contributed by atoms with van der Waals surface area (Å²) in [4.78, 5) is 2.19. The SMILES string of the molecule is CN(C)Cc1cc2cccc3c4nncn4c4ccc(Br)cc4n1c23. The van der Waals surface area contributed by atoms with Crippen molar-refractivity contribution < 1.29 is 0 Å². The lowest BCUT2D eigenvalue weighted by molar-refractivity contribution is 0.396. The van der Waals surface area contributed by atoms with E-state index in [4.69, 9.17) is 0 Å². The van der Waals surface area contributed by atoms with Crippen molar-refractivity contribution in [2.75, 3.05) is 14.1 Å². The van der Waals surface area contributed by atoms with Gasteiger partial charge in [-0.1, -0.05) is 28.1 Å². The fourth-order valence-corrected chi connectivity index (χ4v) is 4.03. The molecule has 0 radical (unpaired) electrons. The zero-order chi connectivity index (χ0) is 17.1. The second kappa shape index (κ2) is 5.28. The average molecular weight is 394 g/mol. The minimum absolute atomic E-state index is 0.862. The summed E-state index contributed by atoms with van der Waals surface area (Å²) < 4.78 is 5.49. The first-order valence-electron chi connectivity index (χ1n) is 8.12. The van der Waals surface area contributed by atoms with Crippen LogP contribution in [0.3, 0.4) is 0 Å². The number of aromatic nitrogens is 4. The summed E-state index contributed by atoms with van der Waals surface area (Å²) in [5, 5.41) is 10.9. The molecule has 124 valence electrons. The van der Waals surface area contributed by atoms with Crippen LogP contribution in [0.1, 0.15) is 5.69 Å². The zero-order valence-corrected chi connectivity index (χ0v) is 15.5. The van der Waals surface area contributed by atoms with Crippen molar-refractivity contribution in [3.8, 4) is 0 Å². The van der Waals surface area contributed by atoms with Crippen LogP contribution < -0.4 is 0 Å². The molecule has 0 amide bonds. The molecule has 25 heavy (non-hydrogen) atoms. The molecule has 0 bridgehead atoms. The van der Waals surface area contributed by atoms with Crippen molar-refractivity contribution in [2.24, 2.45) is 0 Å². The van der Waals surface area contributed by atoms with Gasteiger partial charge >= 0.3 is 0 Å². The van der Waals surface area contributed by atoms with Crippen LogP contribution in [0.15, 0.2) is 53.3 Å². The highest BCUT2D eigenvalue weighted by Crippen LogP contribution is 2.31. The molecule has 0 spiro atoms. The van der Waals surface area contributed by atoms with E-state index in [1.807, 2.05) is 0 Å². The van der Waals surface area contributed by atoms with Crippen LogP contribution in [0.25, 0.3) is 33.0 Å². The Morgan fingerprint density at radius 1 is 1.08 bits per heavy atom. The lowest BCUT2D eigenvalue weighted by Gasteiger charge is -2.10. The Hall–Kier alpha value is -2.44. The highest BCUT2D eigenvalue weighted by Gasteiger charge is 2.15. The Morgan fingerprint density at radius 3 is 2.80 bits per heavy atom. The number of benzene rings is 2. The van der Waals surface area contributed by atoms with Crippen molar-refractivity contribution in [2.45, 2.75) is 6.54 Å². The first-order chi connectivity index (χ1) is 12.1. The van der Waals surface area contributed by atoms with Crippen LogP contribution >= 0.6 is 15.9 Å². The molecule has 0 aliphatic carbocycles. The van der Waals surface area contributed by atoms with Crippen LogP contribution in [0.5, 0.6) is 0 Å². The third-order valence-electron chi connectivity index (χ3n) is 4.60. The molecule has 5 nitrogen and oxygen atoms in total. The topological polar surface area (TPSA) is 37.8 Å². The van der Waals surface area contributed by atoms with E-state index in [9.17, 15) is 0 Å². The van der Waals surface area contributed by atoms with Crippen LogP contribution in [0, 0.1) is 0 Å². The van der Waals surface area contributed by atoms with Gasteiger partial charge in [-0.3, -0.25) is 4.40 Å². The predicted octanol–water partition coefficient (Wildman–Crippen LogP) is 4.11. The quantitative estimate of drug-likeness (QED) is 0.452. The molecular weight excluding hydrogens is 378 g/mol.